The van der Waals surface area contributed by atoms with Gasteiger partial charge in [0.05, 0.1) is 11.8 Å². The van der Waals surface area contributed by atoms with E-state index in [1.54, 1.807) is 6.21 Å². The Bertz CT molecular complexity index is 303. The van der Waals surface area contributed by atoms with Crippen molar-refractivity contribution in [3.8, 4) is 0 Å². The molecule has 2 rings (SSSR count). The summed E-state index contributed by atoms with van der Waals surface area (Å²) in [7, 11) is 0. The maximum Gasteiger partial charge on any atom is 0.297 e. The van der Waals surface area contributed by atoms with E-state index in [0.29, 0.717) is 5.57 Å². The van der Waals surface area contributed by atoms with E-state index in [-0.39, 0.29) is 5.91 Å². The normalized spacial score (nSPS) is 20.6. The van der Waals surface area contributed by atoms with Crippen LogP contribution in [0.2, 0.25) is 0 Å². The fraction of sp³-hybridized carbons (Fsp3) is 0. The molecular weight excluding hydrogens is 130 g/mol. The van der Waals surface area contributed by atoms with Crippen LogP contribution in [0.4, 0.5) is 0 Å². The summed E-state index contributed by atoms with van der Waals surface area (Å²) in [6.45, 7) is 0. The van der Waals surface area contributed by atoms with Crippen LogP contribution in [0, 0.1) is 0 Å². The quantitative estimate of drug-likeness (QED) is 0.482. The molecule has 0 fully saturated rings. The Morgan fingerprint density at radius 1 is 1.30 bits per heavy atom. The molecule has 0 radical (unpaired) electrons. The fourth-order valence-electron chi connectivity index (χ4n) is 0.815. The molecular formula is C6H3N3O. The molecule has 2 aliphatic rings. The van der Waals surface area contributed by atoms with Crippen molar-refractivity contribution in [2.45, 2.75) is 0 Å². The highest BCUT2D eigenvalue weighted by atomic mass is 16.1. The number of hydrogen-bond acceptors (Lipinski definition) is 3. The van der Waals surface area contributed by atoms with Gasteiger partial charge in [-0.2, -0.15) is 5.11 Å². The van der Waals surface area contributed by atoms with E-state index in [0.717, 1.165) is 5.57 Å². The van der Waals surface area contributed by atoms with Crippen LogP contribution in [0.5, 0.6) is 0 Å². The molecule has 0 bridgehead atoms. The average molecular weight is 133 g/mol. The number of carbonyl (C=O) groups is 1. The second kappa shape index (κ2) is 1.70. The molecule has 0 aromatic carbocycles. The highest BCUT2D eigenvalue weighted by molar-refractivity contribution is 6.09. The molecule has 2 aliphatic heterocycles. The highest BCUT2D eigenvalue weighted by Crippen LogP contribution is 2.19. The first-order chi connectivity index (χ1) is 4.88. The Morgan fingerprint density at radius 3 is 3.00 bits per heavy atom. The van der Waals surface area contributed by atoms with E-state index in [1.165, 1.54) is 12.4 Å². The van der Waals surface area contributed by atoms with Crippen molar-refractivity contribution in [1.29, 1.82) is 0 Å². The van der Waals surface area contributed by atoms with E-state index in [1.807, 2.05) is 0 Å². The molecule has 0 saturated heterocycles. The standard InChI is InChI=1S/C6H3N3O/c10-6-5-3-7-1-4(5)2-8-9-6/h1-3H. The highest BCUT2D eigenvalue weighted by Gasteiger charge is 2.18. The van der Waals surface area contributed by atoms with Crippen LogP contribution in [0.25, 0.3) is 0 Å². The fourth-order valence-corrected chi connectivity index (χ4v) is 0.815. The molecule has 0 aromatic heterocycles. The number of amides is 1. The molecule has 2 heterocycles. The zero-order valence-corrected chi connectivity index (χ0v) is 4.98. The minimum Gasteiger partial charge on any atom is -0.265 e. The first-order valence-electron chi connectivity index (χ1n) is 2.77. The van der Waals surface area contributed by atoms with Crippen LogP contribution < -0.4 is 0 Å². The first-order valence-corrected chi connectivity index (χ1v) is 2.77. The summed E-state index contributed by atoms with van der Waals surface area (Å²) in [5.41, 5.74) is 1.29. The third-order valence-electron chi connectivity index (χ3n) is 1.30. The van der Waals surface area contributed by atoms with Crippen molar-refractivity contribution in [2.24, 2.45) is 15.2 Å². The van der Waals surface area contributed by atoms with Gasteiger partial charge in [-0.05, 0) is 0 Å². The molecule has 0 atom stereocenters. The number of aliphatic imine (C=N–C) groups is 1. The lowest BCUT2D eigenvalue weighted by Gasteiger charge is -1.98. The molecule has 1 amide bonds. The minimum atomic E-state index is -0.310. The molecule has 4 nitrogen and oxygen atoms in total. The number of carbonyl (C=O) groups excluding carboxylic acids is 1. The van der Waals surface area contributed by atoms with Crippen molar-refractivity contribution in [2.75, 3.05) is 0 Å². The Labute approximate surface area is 56.7 Å². The Morgan fingerprint density at radius 2 is 2.20 bits per heavy atom. The third kappa shape index (κ3) is 0.556. The van der Waals surface area contributed by atoms with Crippen molar-refractivity contribution in [3.05, 3.63) is 23.5 Å². The second-order valence-electron chi connectivity index (χ2n) is 1.93. The second-order valence-corrected chi connectivity index (χ2v) is 1.93. The largest absolute Gasteiger partial charge is 0.297 e. The van der Waals surface area contributed by atoms with Gasteiger partial charge in [-0.1, -0.05) is 0 Å². The van der Waals surface area contributed by atoms with E-state index < -0.39 is 0 Å². The Kier molecular flexibility index (Phi) is 0.887. The van der Waals surface area contributed by atoms with Crippen LogP contribution in [-0.2, 0) is 4.79 Å². The number of hydrogen-bond donors (Lipinski definition) is 0. The molecule has 48 valence electrons. The predicted molar refractivity (Wildman–Crippen MR) is 34.5 cm³/mol. The topological polar surface area (TPSA) is 54.1 Å². The monoisotopic (exact) mass is 133 g/mol. The SMILES string of the molecule is O=C1N=NC=C2C=NC=C12. The van der Waals surface area contributed by atoms with E-state index >= 15 is 0 Å². The van der Waals surface area contributed by atoms with Gasteiger partial charge in [0, 0.05) is 18.0 Å². The third-order valence-corrected chi connectivity index (χ3v) is 1.30. The van der Waals surface area contributed by atoms with Crippen LogP contribution >= 0.6 is 0 Å². The molecule has 0 aliphatic carbocycles. The van der Waals surface area contributed by atoms with E-state index in [9.17, 15) is 4.79 Å². The molecule has 10 heavy (non-hydrogen) atoms. The van der Waals surface area contributed by atoms with Crippen molar-refractivity contribution in [1.82, 2.24) is 0 Å². The lowest BCUT2D eigenvalue weighted by molar-refractivity contribution is -0.114. The number of nitrogens with zero attached hydrogens (tertiary/aromatic N) is 3. The number of fused-ring (bicyclic) bond motifs is 1. The molecule has 4 heteroatoms. The van der Waals surface area contributed by atoms with Crippen molar-refractivity contribution in [3.63, 3.8) is 0 Å². The van der Waals surface area contributed by atoms with Gasteiger partial charge in [-0.3, -0.25) is 9.79 Å². The zero-order valence-electron chi connectivity index (χ0n) is 4.98. The summed E-state index contributed by atoms with van der Waals surface area (Å²) in [6.07, 6.45) is 4.60. The van der Waals surface area contributed by atoms with Crippen molar-refractivity contribution >= 4 is 12.1 Å². The first kappa shape index (κ1) is 5.22. The molecule has 0 aromatic rings. The smallest absolute Gasteiger partial charge is 0.265 e. The molecule has 0 N–H and O–H groups in total. The van der Waals surface area contributed by atoms with Gasteiger partial charge >= 0.3 is 0 Å². The van der Waals surface area contributed by atoms with Crippen LogP contribution in [0.3, 0.4) is 0 Å². The lowest BCUT2D eigenvalue weighted by Crippen LogP contribution is -2.02. The maximum absolute atomic E-state index is 10.8. The number of rotatable bonds is 0. The summed E-state index contributed by atoms with van der Waals surface area (Å²) in [5, 5.41) is 6.82. The summed E-state index contributed by atoms with van der Waals surface area (Å²) >= 11 is 0. The van der Waals surface area contributed by atoms with E-state index in [4.69, 9.17) is 0 Å². The van der Waals surface area contributed by atoms with Crippen molar-refractivity contribution < 1.29 is 4.79 Å². The van der Waals surface area contributed by atoms with Gasteiger partial charge in [0.1, 0.15) is 0 Å². The Hall–Kier alpha value is -1.58. The average Bonchev–Trinajstić information content (AvgIpc) is 2.36. The Balaban J connectivity index is 2.54. The molecule has 0 spiro atoms. The van der Waals surface area contributed by atoms with Gasteiger partial charge in [0.25, 0.3) is 5.91 Å². The van der Waals surface area contributed by atoms with Crippen LogP contribution in [0.1, 0.15) is 0 Å². The van der Waals surface area contributed by atoms with Gasteiger partial charge in [0.2, 0.25) is 0 Å². The molecule has 0 unspecified atom stereocenters. The zero-order chi connectivity index (χ0) is 6.97. The summed E-state index contributed by atoms with van der Waals surface area (Å²) in [6, 6.07) is 0. The van der Waals surface area contributed by atoms with Gasteiger partial charge < -0.3 is 0 Å². The summed E-state index contributed by atoms with van der Waals surface area (Å²) in [5.74, 6) is -0.310. The van der Waals surface area contributed by atoms with Crippen LogP contribution in [-0.4, -0.2) is 12.1 Å². The van der Waals surface area contributed by atoms with Gasteiger partial charge in [0.15, 0.2) is 0 Å². The minimum absolute atomic E-state index is 0.310. The summed E-state index contributed by atoms with van der Waals surface area (Å²) < 4.78 is 0. The van der Waals surface area contributed by atoms with E-state index in [2.05, 4.69) is 15.2 Å². The van der Waals surface area contributed by atoms with Crippen LogP contribution in [0.15, 0.2) is 38.8 Å². The number of azo groups is 1. The lowest BCUT2D eigenvalue weighted by atomic mass is 10.1. The molecule has 0 saturated carbocycles. The predicted octanol–water partition coefficient (Wildman–Crippen LogP) is 0.831. The van der Waals surface area contributed by atoms with Gasteiger partial charge in [-0.15, -0.1) is 5.11 Å². The maximum atomic E-state index is 10.8. The van der Waals surface area contributed by atoms with Gasteiger partial charge in [-0.25, -0.2) is 0 Å². The summed E-state index contributed by atoms with van der Waals surface area (Å²) in [4.78, 5) is 14.6.